The predicted molar refractivity (Wildman–Crippen MR) is 77.6 cm³/mol. The average molecular weight is 260 g/mol. The van der Waals surface area contributed by atoms with Gasteiger partial charge in [-0.1, -0.05) is 20.8 Å². The molecule has 0 fully saturated rings. The Balaban J connectivity index is 5.34. The molecule has 2 atom stereocenters. The first kappa shape index (κ1) is 17.8. The molecule has 0 aliphatic carbocycles. The minimum Gasteiger partial charge on any atom is -0.313 e. The number of nitrogens with zero attached hydrogens (tertiary/aromatic N) is 3. The number of hydrogen-bond donors (Lipinski definition) is 3. The maximum absolute atomic E-state index is 6.27. The van der Waals surface area contributed by atoms with Gasteiger partial charge in [0.25, 0.3) is 0 Å². The summed E-state index contributed by atoms with van der Waals surface area (Å²) in [7, 11) is 5.98. The first-order valence-electron chi connectivity index (χ1n) is 6.78. The van der Waals surface area contributed by atoms with E-state index in [1.54, 1.807) is 0 Å². The van der Waals surface area contributed by atoms with Crippen molar-refractivity contribution in [3.8, 4) is 0 Å². The lowest BCUT2D eigenvalue weighted by Crippen LogP contribution is -2.75. The largest absolute Gasteiger partial charge is 0.313 e. The Kier molecular flexibility index (Phi) is 7.93. The summed E-state index contributed by atoms with van der Waals surface area (Å²) in [5.74, 6) is 0. The van der Waals surface area contributed by atoms with Crippen LogP contribution in [-0.2, 0) is 0 Å². The normalized spacial score (nSPS) is 17.5. The second-order valence-corrected chi connectivity index (χ2v) is 4.72. The van der Waals surface area contributed by atoms with Gasteiger partial charge in [0, 0.05) is 19.6 Å². The molecule has 0 spiro atoms. The Hall–Kier alpha value is -0.240. The minimum atomic E-state index is -0.350. The fourth-order valence-corrected chi connectivity index (χ4v) is 2.08. The molecule has 0 aromatic rings. The molecule has 0 rings (SSSR count). The summed E-state index contributed by atoms with van der Waals surface area (Å²) < 4.78 is 0. The second kappa shape index (κ2) is 8.04. The molecule has 0 aromatic carbocycles. The third-order valence-electron chi connectivity index (χ3n) is 3.56. The number of rotatable bonds is 9. The van der Waals surface area contributed by atoms with E-state index >= 15 is 0 Å². The number of likely N-dealkylation sites (N-methyl/N-ethyl adjacent to an activating group) is 2. The van der Waals surface area contributed by atoms with Gasteiger partial charge in [-0.05, 0) is 28.1 Å². The number of hydrogen-bond acceptors (Lipinski definition) is 6. The zero-order valence-corrected chi connectivity index (χ0v) is 13.1. The van der Waals surface area contributed by atoms with Gasteiger partial charge < -0.3 is 11.1 Å². The van der Waals surface area contributed by atoms with Crippen LogP contribution in [0.1, 0.15) is 27.7 Å². The average Bonchev–Trinajstić information content (AvgIpc) is 2.36. The third kappa shape index (κ3) is 3.63. The first-order valence-corrected chi connectivity index (χ1v) is 6.78. The summed E-state index contributed by atoms with van der Waals surface area (Å²) in [5, 5.41) is 7.55. The van der Waals surface area contributed by atoms with Gasteiger partial charge in [0.05, 0.1) is 6.17 Å². The van der Waals surface area contributed by atoms with Crippen molar-refractivity contribution < 1.29 is 0 Å². The van der Waals surface area contributed by atoms with E-state index in [4.69, 9.17) is 5.73 Å². The van der Waals surface area contributed by atoms with Crippen LogP contribution in [0.4, 0.5) is 0 Å². The molecule has 0 amide bonds. The standard InChI is InChI=1S/C12H32N6/c1-8-15-18(17(9-2)10-3)12(4,16(6)7)11(13)14-5/h11,14-15H,8-10,13H2,1-7H3. The van der Waals surface area contributed by atoms with Gasteiger partial charge in [0.2, 0.25) is 0 Å². The monoisotopic (exact) mass is 260 g/mol. The van der Waals surface area contributed by atoms with Crippen LogP contribution in [-0.4, -0.2) is 67.6 Å². The second-order valence-electron chi connectivity index (χ2n) is 4.72. The van der Waals surface area contributed by atoms with Crippen molar-refractivity contribution in [2.75, 3.05) is 40.8 Å². The van der Waals surface area contributed by atoms with Crippen LogP contribution >= 0.6 is 0 Å². The van der Waals surface area contributed by atoms with Crippen molar-refractivity contribution in [1.82, 2.24) is 25.8 Å². The summed E-state index contributed by atoms with van der Waals surface area (Å²) in [5.41, 5.74) is 9.34. The Morgan fingerprint density at radius 1 is 1.17 bits per heavy atom. The Morgan fingerprint density at radius 3 is 1.94 bits per heavy atom. The first-order chi connectivity index (χ1) is 8.39. The SMILES string of the molecule is CCNN(N(CC)CC)C(C)(C(N)NC)N(C)C. The van der Waals surface area contributed by atoms with Gasteiger partial charge in [-0.3, -0.25) is 4.90 Å². The summed E-state index contributed by atoms with van der Waals surface area (Å²) >= 11 is 0. The van der Waals surface area contributed by atoms with Crippen LogP contribution in [0.25, 0.3) is 0 Å². The highest BCUT2D eigenvalue weighted by Crippen LogP contribution is 2.20. The topological polar surface area (TPSA) is 59.8 Å². The molecule has 0 aliphatic heterocycles. The zero-order valence-electron chi connectivity index (χ0n) is 13.1. The molecule has 110 valence electrons. The minimum absolute atomic E-state index is 0.174. The van der Waals surface area contributed by atoms with Crippen LogP contribution in [0.15, 0.2) is 0 Å². The molecule has 2 unspecified atom stereocenters. The van der Waals surface area contributed by atoms with Gasteiger partial charge in [0.1, 0.15) is 5.66 Å². The molecule has 6 nitrogen and oxygen atoms in total. The van der Waals surface area contributed by atoms with E-state index in [1.165, 1.54) is 0 Å². The molecule has 0 bridgehead atoms. The highest BCUT2D eigenvalue weighted by molar-refractivity contribution is 4.89. The molecular weight excluding hydrogens is 228 g/mol. The van der Waals surface area contributed by atoms with E-state index in [2.05, 4.69) is 53.5 Å². The van der Waals surface area contributed by atoms with Crippen LogP contribution in [0.2, 0.25) is 0 Å². The van der Waals surface area contributed by atoms with Crippen molar-refractivity contribution in [1.29, 1.82) is 0 Å². The van der Waals surface area contributed by atoms with E-state index in [9.17, 15) is 0 Å². The molecule has 0 saturated heterocycles. The number of hydrazine groups is 2. The molecule has 0 aromatic heterocycles. The van der Waals surface area contributed by atoms with Crippen molar-refractivity contribution in [3.63, 3.8) is 0 Å². The van der Waals surface area contributed by atoms with Crippen LogP contribution in [0, 0.1) is 0 Å². The van der Waals surface area contributed by atoms with E-state index in [1.807, 2.05) is 21.1 Å². The van der Waals surface area contributed by atoms with E-state index in [-0.39, 0.29) is 11.8 Å². The molecule has 0 saturated carbocycles. The van der Waals surface area contributed by atoms with Crippen molar-refractivity contribution >= 4 is 0 Å². The number of nitrogens with two attached hydrogens (primary N) is 1. The predicted octanol–water partition coefficient (Wildman–Crippen LogP) is -0.148. The van der Waals surface area contributed by atoms with Crippen molar-refractivity contribution in [2.24, 2.45) is 5.73 Å². The van der Waals surface area contributed by atoms with Crippen molar-refractivity contribution in [3.05, 3.63) is 0 Å². The highest BCUT2D eigenvalue weighted by Gasteiger charge is 2.42. The van der Waals surface area contributed by atoms with Gasteiger partial charge >= 0.3 is 0 Å². The van der Waals surface area contributed by atoms with Crippen molar-refractivity contribution in [2.45, 2.75) is 39.5 Å². The smallest absolute Gasteiger partial charge is 0.128 e. The molecule has 4 N–H and O–H groups in total. The Labute approximate surface area is 112 Å². The van der Waals surface area contributed by atoms with E-state index in [0.29, 0.717) is 0 Å². The lowest BCUT2D eigenvalue weighted by Gasteiger charge is -2.52. The lowest BCUT2D eigenvalue weighted by atomic mass is 10.1. The Bertz CT molecular complexity index is 219. The molecular formula is C12H32N6. The summed E-state index contributed by atoms with van der Waals surface area (Å²) in [6, 6.07) is 0. The third-order valence-corrected chi connectivity index (χ3v) is 3.56. The fraction of sp³-hybridized carbons (Fsp3) is 1.00. The number of nitrogens with one attached hydrogen (secondary N) is 2. The highest BCUT2D eigenvalue weighted by atomic mass is 15.8. The maximum atomic E-state index is 6.27. The molecule has 0 heterocycles. The Morgan fingerprint density at radius 2 is 1.67 bits per heavy atom. The molecule has 6 heteroatoms. The summed E-state index contributed by atoms with van der Waals surface area (Å²) in [6.45, 7) is 11.2. The quantitative estimate of drug-likeness (QED) is 0.396. The molecule has 0 aliphatic rings. The van der Waals surface area contributed by atoms with Crippen LogP contribution < -0.4 is 16.5 Å². The summed E-state index contributed by atoms with van der Waals surface area (Å²) in [6.07, 6.45) is -0.174. The van der Waals surface area contributed by atoms with Gasteiger partial charge in [0.15, 0.2) is 0 Å². The van der Waals surface area contributed by atoms with Gasteiger partial charge in [-0.2, -0.15) is 5.12 Å². The van der Waals surface area contributed by atoms with E-state index in [0.717, 1.165) is 19.6 Å². The maximum Gasteiger partial charge on any atom is 0.128 e. The fourth-order valence-electron chi connectivity index (χ4n) is 2.08. The zero-order chi connectivity index (χ0) is 14.3. The molecule has 0 radical (unpaired) electrons. The summed E-state index contributed by atoms with van der Waals surface area (Å²) in [4.78, 5) is 2.13. The van der Waals surface area contributed by atoms with E-state index < -0.39 is 0 Å². The van der Waals surface area contributed by atoms with Gasteiger partial charge in [-0.25, -0.2) is 10.4 Å². The van der Waals surface area contributed by atoms with Crippen LogP contribution in [0.3, 0.4) is 0 Å². The molecule has 18 heavy (non-hydrogen) atoms. The van der Waals surface area contributed by atoms with Crippen LogP contribution in [0.5, 0.6) is 0 Å². The van der Waals surface area contributed by atoms with Gasteiger partial charge in [-0.15, -0.1) is 0 Å². The lowest BCUT2D eigenvalue weighted by molar-refractivity contribution is -0.200.